The lowest BCUT2D eigenvalue weighted by molar-refractivity contribution is -0.140. The summed E-state index contributed by atoms with van der Waals surface area (Å²) in [5.74, 6) is -0.330. The molecule has 6 heteroatoms. The number of hydrogen-bond acceptors (Lipinski definition) is 5. The van der Waals surface area contributed by atoms with Crippen molar-refractivity contribution in [1.82, 2.24) is 4.90 Å². The van der Waals surface area contributed by atoms with E-state index in [0.717, 1.165) is 22.4 Å². The van der Waals surface area contributed by atoms with E-state index in [0.29, 0.717) is 37.7 Å². The van der Waals surface area contributed by atoms with Gasteiger partial charge in [0.15, 0.2) is 0 Å². The summed E-state index contributed by atoms with van der Waals surface area (Å²) < 4.78 is 11.0. The number of carbonyl (C=O) groups is 2. The van der Waals surface area contributed by atoms with Crippen molar-refractivity contribution < 1.29 is 24.2 Å². The first-order valence-electron chi connectivity index (χ1n) is 11.3. The van der Waals surface area contributed by atoms with Crippen LogP contribution in [0.3, 0.4) is 0 Å². The molecule has 33 heavy (non-hydrogen) atoms. The zero-order chi connectivity index (χ0) is 24.1. The van der Waals surface area contributed by atoms with E-state index >= 15 is 0 Å². The van der Waals surface area contributed by atoms with Gasteiger partial charge in [0.05, 0.1) is 18.2 Å². The van der Waals surface area contributed by atoms with E-state index in [4.69, 9.17) is 9.47 Å². The number of ketones is 1. The minimum atomic E-state index is -0.673. The summed E-state index contributed by atoms with van der Waals surface area (Å²) in [6, 6.07) is 12.3. The van der Waals surface area contributed by atoms with Crippen molar-refractivity contribution in [2.75, 3.05) is 26.9 Å². The van der Waals surface area contributed by atoms with Crippen LogP contribution in [0.1, 0.15) is 48.6 Å². The number of ether oxygens (including phenoxy) is 2. The van der Waals surface area contributed by atoms with Crippen LogP contribution in [0.5, 0.6) is 5.75 Å². The monoisotopic (exact) mass is 451 g/mol. The molecule has 1 atom stereocenters. The first-order valence-corrected chi connectivity index (χ1v) is 11.3. The number of amides is 1. The number of aliphatic hydroxyl groups is 1. The highest BCUT2D eigenvalue weighted by molar-refractivity contribution is 6.46. The van der Waals surface area contributed by atoms with E-state index in [1.807, 2.05) is 38.1 Å². The second kappa shape index (κ2) is 10.7. The van der Waals surface area contributed by atoms with Gasteiger partial charge in [-0.1, -0.05) is 43.7 Å². The van der Waals surface area contributed by atoms with Crippen LogP contribution >= 0.6 is 0 Å². The maximum atomic E-state index is 13.1. The van der Waals surface area contributed by atoms with Gasteiger partial charge in [-0.2, -0.15) is 0 Å². The third-order valence-corrected chi connectivity index (χ3v) is 5.70. The van der Waals surface area contributed by atoms with Crippen molar-refractivity contribution in [1.29, 1.82) is 0 Å². The third kappa shape index (κ3) is 5.45. The Morgan fingerprint density at radius 1 is 1.09 bits per heavy atom. The minimum Gasteiger partial charge on any atom is -0.507 e. The molecule has 0 unspecified atom stereocenters. The summed E-state index contributed by atoms with van der Waals surface area (Å²) in [7, 11) is 1.60. The van der Waals surface area contributed by atoms with E-state index in [2.05, 4.69) is 13.8 Å². The summed E-state index contributed by atoms with van der Waals surface area (Å²) in [4.78, 5) is 27.5. The lowest BCUT2D eigenvalue weighted by Crippen LogP contribution is -2.31. The molecule has 0 spiro atoms. The third-order valence-electron chi connectivity index (χ3n) is 5.70. The average molecular weight is 452 g/mol. The average Bonchev–Trinajstić information content (AvgIpc) is 3.03. The number of hydrogen-bond donors (Lipinski definition) is 1. The molecule has 2 aromatic rings. The fourth-order valence-electron chi connectivity index (χ4n) is 3.96. The van der Waals surface area contributed by atoms with Gasteiger partial charge in [-0.05, 0) is 55.5 Å². The summed E-state index contributed by atoms with van der Waals surface area (Å²) in [5.41, 5.74) is 3.30. The van der Waals surface area contributed by atoms with Crippen LogP contribution < -0.4 is 4.74 Å². The summed E-state index contributed by atoms with van der Waals surface area (Å²) in [6.07, 6.45) is 0.590. The molecule has 2 aromatic carbocycles. The molecule has 3 rings (SSSR count). The van der Waals surface area contributed by atoms with Crippen molar-refractivity contribution in [2.45, 2.75) is 40.2 Å². The van der Waals surface area contributed by atoms with E-state index in [1.54, 1.807) is 25.3 Å². The lowest BCUT2D eigenvalue weighted by Gasteiger charge is -2.25. The SMILES string of the molecule is COCCCN1C(=O)C(=O)/C(=C(/O)c2ccc(OCC(C)C)c(C)c2)[C@H]1c1ccc(C)cc1. The number of methoxy groups -OCH3 is 1. The Kier molecular flexibility index (Phi) is 7.92. The summed E-state index contributed by atoms with van der Waals surface area (Å²) in [5, 5.41) is 11.2. The molecule has 0 aliphatic carbocycles. The van der Waals surface area contributed by atoms with Crippen molar-refractivity contribution in [2.24, 2.45) is 5.92 Å². The first kappa shape index (κ1) is 24.5. The molecule has 1 N–H and O–H groups in total. The number of benzene rings is 2. The minimum absolute atomic E-state index is 0.108. The quantitative estimate of drug-likeness (QED) is 0.257. The molecule has 0 saturated carbocycles. The van der Waals surface area contributed by atoms with E-state index in [1.165, 1.54) is 4.90 Å². The zero-order valence-electron chi connectivity index (χ0n) is 20.1. The van der Waals surface area contributed by atoms with Crippen molar-refractivity contribution in [3.05, 3.63) is 70.3 Å². The molecular weight excluding hydrogens is 418 g/mol. The standard InChI is InChI=1S/C27H33NO5/c1-17(2)16-33-22-12-11-21(15-19(22)4)25(29)23-24(20-9-7-18(3)8-10-20)28(13-6-14-32-5)27(31)26(23)30/h7-12,15,17,24,29H,6,13-14,16H2,1-5H3/b25-23+/t24-/m1/s1. The highest BCUT2D eigenvalue weighted by Gasteiger charge is 2.45. The van der Waals surface area contributed by atoms with Crippen molar-refractivity contribution in [3.8, 4) is 5.75 Å². The molecule has 1 aliphatic rings. The van der Waals surface area contributed by atoms with E-state index in [-0.39, 0.29) is 11.3 Å². The highest BCUT2D eigenvalue weighted by Crippen LogP contribution is 2.40. The number of nitrogens with zero attached hydrogens (tertiary/aromatic N) is 1. The second-order valence-electron chi connectivity index (χ2n) is 8.93. The maximum absolute atomic E-state index is 13.1. The number of carbonyl (C=O) groups excluding carboxylic acids is 2. The Morgan fingerprint density at radius 3 is 2.39 bits per heavy atom. The van der Waals surface area contributed by atoms with Gasteiger partial charge in [0, 0.05) is 25.8 Å². The van der Waals surface area contributed by atoms with Crippen LogP contribution in [0.15, 0.2) is 48.0 Å². The smallest absolute Gasteiger partial charge is 0.295 e. The van der Waals surface area contributed by atoms with Crippen LogP contribution in [-0.4, -0.2) is 48.6 Å². The van der Waals surface area contributed by atoms with Gasteiger partial charge in [0.1, 0.15) is 11.5 Å². The Hall–Kier alpha value is -3.12. The summed E-state index contributed by atoms with van der Waals surface area (Å²) >= 11 is 0. The fraction of sp³-hybridized carbons (Fsp3) is 0.407. The molecule has 1 saturated heterocycles. The highest BCUT2D eigenvalue weighted by atomic mass is 16.5. The zero-order valence-corrected chi connectivity index (χ0v) is 20.1. The largest absolute Gasteiger partial charge is 0.507 e. The Morgan fingerprint density at radius 2 is 1.79 bits per heavy atom. The Bertz CT molecular complexity index is 1040. The summed E-state index contributed by atoms with van der Waals surface area (Å²) in [6.45, 7) is 9.44. The predicted octanol–water partition coefficient (Wildman–Crippen LogP) is 4.80. The molecule has 0 bridgehead atoms. The first-order chi connectivity index (χ1) is 15.7. The van der Waals surface area contributed by atoms with E-state index < -0.39 is 17.7 Å². The lowest BCUT2D eigenvalue weighted by atomic mass is 9.94. The van der Waals surface area contributed by atoms with Gasteiger partial charge in [-0.3, -0.25) is 9.59 Å². The van der Waals surface area contributed by atoms with Crippen LogP contribution in [0.4, 0.5) is 0 Å². The van der Waals surface area contributed by atoms with Gasteiger partial charge < -0.3 is 19.5 Å². The number of likely N-dealkylation sites (tertiary alicyclic amines) is 1. The van der Waals surface area contributed by atoms with Crippen LogP contribution in [-0.2, 0) is 14.3 Å². The van der Waals surface area contributed by atoms with Gasteiger partial charge >= 0.3 is 0 Å². The van der Waals surface area contributed by atoms with Crippen molar-refractivity contribution in [3.63, 3.8) is 0 Å². The molecule has 1 amide bonds. The van der Waals surface area contributed by atoms with Crippen LogP contribution in [0.25, 0.3) is 5.76 Å². The molecule has 1 aliphatic heterocycles. The van der Waals surface area contributed by atoms with Crippen LogP contribution in [0.2, 0.25) is 0 Å². The normalized spacial score (nSPS) is 17.8. The van der Waals surface area contributed by atoms with Crippen LogP contribution in [0, 0.1) is 19.8 Å². The number of rotatable bonds is 9. The molecule has 6 nitrogen and oxygen atoms in total. The van der Waals surface area contributed by atoms with Gasteiger partial charge in [-0.15, -0.1) is 0 Å². The molecule has 1 heterocycles. The second-order valence-corrected chi connectivity index (χ2v) is 8.93. The predicted molar refractivity (Wildman–Crippen MR) is 128 cm³/mol. The molecule has 176 valence electrons. The molecule has 0 aromatic heterocycles. The Labute approximate surface area is 195 Å². The fourth-order valence-corrected chi connectivity index (χ4v) is 3.96. The number of aliphatic hydroxyl groups excluding tert-OH is 1. The molecular formula is C27H33NO5. The number of aryl methyl sites for hydroxylation is 2. The van der Waals surface area contributed by atoms with Gasteiger partial charge in [-0.25, -0.2) is 0 Å². The Balaban J connectivity index is 2.04. The number of Topliss-reactive ketones (excluding diaryl/α,β-unsaturated/α-hetero) is 1. The van der Waals surface area contributed by atoms with Crippen molar-refractivity contribution >= 4 is 17.4 Å². The molecule has 1 fully saturated rings. The maximum Gasteiger partial charge on any atom is 0.295 e. The van der Waals surface area contributed by atoms with E-state index in [9.17, 15) is 14.7 Å². The van der Waals surface area contributed by atoms with Gasteiger partial charge in [0.25, 0.3) is 11.7 Å². The molecule has 0 radical (unpaired) electrons. The van der Waals surface area contributed by atoms with Gasteiger partial charge in [0.2, 0.25) is 0 Å². The topological polar surface area (TPSA) is 76.1 Å².